The molecule has 0 radical (unpaired) electrons. The van der Waals surface area contributed by atoms with E-state index in [0.29, 0.717) is 0 Å². The number of aryl methyl sites for hydroxylation is 1. The van der Waals surface area contributed by atoms with Gasteiger partial charge in [-0.05, 0) is 26.5 Å². The lowest BCUT2D eigenvalue weighted by molar-refractivity contribution is 0.172. The minimum Gasteiger partial charge on any atom is -0.388 e. The van der Waals surface area contributed by atoms with Gasteiger partial charge >= 0.3 is 0 Å². The van der Waals surface area contributed by atoms with E-state index in [4.69, 9.17) is 0 Å². The van der Waals surface area contributed by atoms with E-state index in [1.54, 1.807) is 0 Å². The van der Waals surface area contributed by atoms with E-state index in [0.717, 1.165) is 49.7 Å². The third-order valence-electron chi connectivity index (χ3n) is 3.68. The number of likely N-dealkylation sites (N-methyl/N-ethyl adjacent to an activating group) is 1. The maximum atomic E-state index is 9.89. The maximum absolute atomic E-state index is 9.89. The van der Waals surface area contributed by atoms with Gasteiger partial charge in [-0.15, -0.1) is 0 Å². The molecule has 1 aliphatic heterocycles. The molecule has 0 spiro atoms. The minimum atomic E-state index is -0.390. The van der Waals surface area contributed by atoms with Crippen molar-refractivity contribution in [1.82, 2.24) is 9.88 Å². The van der Waals surface area contributed by atoms with E-state index in [-0.39, 0.29) is 6.10 Å². The first-order valence-corrected chi connectivity index (χ1v) is 6.71. The molecular weight excluding hydrogens is 226 g/mol. The van der Waals surface area contributed by atoms with Crippen molar-refractivity contribution in [2.24, 2.45) is 0 Å². The SMILES string of the molecule is CC[C@H](O)c1ccc(N2CCN(C)CC2)nc1C. The molecule has 1 fully saturated rings. The third kappa shape index (κ3) is 2.82. The van der Waals surface area contributed by atoms with E-state index in [2.05, 4.69) is 21.8 Å². The fraction of sp³-hybridized carbons (Fsp3) is 0.643. The van der Waals surface area contributed by atoms with Crippen LogP contribution in [0.25, 0.3) is 0 Å². The first kappa shape index (κ1) is 13.3. The first-order chi connectivity index (χ1) is 8.61. The summed E-state index contributed by atoms with van der Waals surface area (Å²) < 4.78 is 0. The minimum absolute atomic E-state index is 0.390. The van der Waals surface area contributed by atoms with E-state index >= 15 is 0 Å². The van der Waals surface area contributed by atoms with Crippen LogP contribution in [0.2, 0.25) is 0 Å². The van der Waals surface area contributed by atoms with Crippen molar-refractivity contribution in [3.05, 3.63) is 23.4 Å². The highest BCUT2D eigenvalue weighted by Gasteiger charge is 2.17. The van der Waals surface area contributed by atoms with Crippen molar-refractivity contribution in [2.75, 3.05) is 38.1 Å². The topological polar surface area (TPSA) is 39.6 Å². The Bertz CT molecular complexity index is 400. The molecule has 0 bridgehead atoms. The number of aromatic nitrogens is 1. The average Bonchev–Trinajstić information content (AvgIpc) is 2.38. The van der Waals surface area contributed by atoms with Crippen LogP contribution >= 0.6 is 0 Å². The van der Waals surface area contributed by atoms with Crippen LogP contribution in [-0.4, -0.2) is 48.2 Å². The quantitative estimate of drug-likeness (QED) is 0.883. The summed E-state index contributed by atoms with van der Waals surface area (Å²) >= 11 is 0. The van der Waals surface area contributed by atoms with Gasteiger partial charge in [-0.1, -0.05) is 13.0 Å². The Morgan fingerprint density at radius 2 is 1.94 bits per heavy atom. The third-order valence-corrected chi connectivity index (χ3v) is 3.68. The number of anilines is 1. The van der Waals surface area contributed by atoms with Crippen LogP contribution in [0.3, 0.4) is 0 Å². The highest BCUT2D eigenvalue weighted by atomic mass is 16.3. The molecule has 100 valence electrons. The standard InChI is InChI=1S/C14H23N3O/c1-4-13(18)12-5-6-14(15-11(12)2)17-9-7-16(3)8-10-17/h5-6,13,18H,4,7-10H2,1-3H3/t13-/m0/s1. The van der Waals surface area contributed by atoms with E-state index in [1.807, 2.05) is 26.0 Å². The van der Waals surface area contributed by atoms with Crippen molar-refractivity contribution < 1.29 is 5.11 Å². The van der Waals surface area contributed by atoms with E-state index < -0.39 is 0 Å². The lowest BCUT2D eigenvalue weighted by Gasteiger charge is -2.33. The van der Waals surface area contributed by atoms with Gasteiger partial charge in [0.1, 0.15) is 5.82 Å². The molecule has 4 heteroatoms. The lowest BCUT2D eigenvalue weighted by Crippen LogP contribution is -2.44. The van der Waals surface area contributed by atoms with Crippen LogP contribution in [0.4, 0.5) is 5.82 Å². The monoisotopic (exact) mass is 249 g/mol. The van der Waals surface area contributed by atoms with Crippen LogP contribution in [0.15, 0.2) is 12.1 Å². The summed E-state index contributed by atoms with van der Waals surface area (Å²) in [6.07, 6.45) is 0.343. The van der Waals surface area contributed by atoms with Gasteiger partial charge < -0.3 is 14.9 Å². The number of pyridine rings is 1. The second kappa shape index (κ2) is 5.67. The molecule has 4 nitrogen and oxygen atoms in total. The Balaban J connectivity index is 2.13. The normalized spacial score (nSPS) is 19.0. The molecule has 1 aromatic rings. The van der Waals surface area contributed by atoms with Gasteiger partial charge in [0.05, 0.1) is 6.10 Å². The molecule has 1 atom stereocenters. The second-order valence-electron chi connectivity index (χ2n) is 5.06. The summed E-state index contributed by atoms with van der Waals surface area (Å²) in [6, 6.07) is 4.05. The molecule has 0 unspecified atom stereocenters. The Hall–Kier alpha value is -1.13. The molecule has 1 aromatic heterocycles. The van der Waals surface area contributed by atoms with Crippen LogP contribution in [0, 0.1) is 6.92 Å². The van der Waals surface area contributed by atoms with E-state index in [9.17, 15) is 5.11 Å². The zero-order chi connectivity index (χ0) is 13.1. The molecule has 2 rings (SSSR count). The van der Waals surface area contributed by atoms with Gasteiger partial charge in [0, 0.05) is 37.4 Å². The summed E-state index contributed by atoms with van der Waals surface area (Å²) in [6.45, 7) is 8.18. The first-order valence-electron chi connectivity index (χ1n) is 6.71. The Morgan fingerprint density at radius 3 is 2.50 bits per heavy atom. The molecule has 18 heavy (non-hydrogen) atoms. The predicted octanol–water partition coefficient (Wildman–Crippen LogP) is 1.59. The van der Waals surface area contributed by atoms with Crippen LogP contribution < -0.4 is 4.90 Å². The second-order valence-corrected chi connectivity index (χ2v) is 5.06. The number of rotatable bonds is 3. The highest BCUT2D eigenvalue weighted by molar-refractivity contribution is 5.42. The molecule has 0 aliphatic carbocycles. The van der Waals surface area contributed by atoms with Gasteiger partial charge in [-0.3, -0.25) is 0 Å². The Labute approximate surface area is 109 Å². The van der Waals surface area contributed by atoms with Gasteiger partial charge in [0.2, 0.25) is 0 Å². The molecule has 0 amide bonds. The summed E-state index contributed by atoms with van der Waals surface area (Å²) in [5.41, 5.74) is 1.90. The molecule has 1 saturated heterocycles. The van der Waals surface area contributed by atoms with Crippen molar-refractivity contribution in [3.63, 3.8) is 0 Å². The number of aliphatic hydroxyl groups is 1. The van der Waals surface area contributed by atoms with Crippen LogP contribution in [0.5, 0.6) is 0 Å². The molecule has 1 aliphatic rings. The fourth-order valence-corrected chi connectivity index (χ4v) is 2.34. The molecule has 2 heterocycles. The Kier molecular flexibility index (Phi) is 4.19. The largest absolute Gasteiger partial charge is 0.388 e. The van der Waals surface area contributed by atoms with Crippen molar-refractivity contribution in [3.8, 4) is 0 Å². The number of piperazine rings is 1. The van der Waals surface area contributed by atoms with Crippen LogP contribution in [0.1, 0.15) is 30.7 Å². The lowest BCUT2D eigenvalue weighted by atomic mass is 10.1. The summed E-state index contributed by atoms with van der Waals surface area (Å²) in [4.78, 5) is 9.28. The van der Waals surface area contributed by atoms with Gasteiger partial charge in [0.25, 0.3) is 0 Å². The molecule has 0 saturated carbocycles. The van der Waals surface area contributed by atoms with E-state index in [1.165, 1.54) is 0 Å². The van der Waals surface area contributed by atoms with Crippen molar-refractivity contribution >= 4 is 5.82 Å². The average molecular weight is 249 g/mol. The zero-order valence-corrected chi connectivity index (χ0v) is 11.6. The van der Waals surface area contributed by atoms with Crippen molar-refractivity contribution in [1.29, 1.82) is 0 Å². The smallest absolute Gasteiger partial charge is 0.128 e. The summed E-state index contributed by atoms with van der Waals surface area (Å²) in [7, 11) is 2.15. The Morgan fingerprint density at radius 1 is 1.28 bits per heavy atom. The molecule has 0 aromatic carbocycles. The summed E-state index contributed by atoms with van der Waals surface area (Å²) in [5.74, 6) is 1.03. The number of hydrogen-bond donors (Lipinski definition) is 1. The maximum Gasteiger partial charge on any atom is 0.128 e. The molecular formula is C14H23N3O. The van der Waals surface area contributed by atoms with Gasteiger partial charge in [-0.25, -0.2) is 4.98 Å². The molecule has 1 N–H and O–H groups in total. The van der Waals surface area contributed by atoms with Gasteiger partial charge in [0.15, 0.2) is 0 Å². The number of nitrogens with zero attached hydrogens (tertiary/aromatic N) is 3. The van der Waals surface area contributed by atoms with Crippen LogP contribution in [-0.2, 0) is 0 Å². The number of hydrogen-bond acceptors (Lipinski definition) is 4. The highest BCUT2D eigenvalue weighted by Crippen LogP contribution is 2.22. The number of aliphatic hydroxyl groups excluding tert-OH is 1. The summed E-state index contributed by atoms with van der Waals surface area (Å²) in [5, 5.41) is 9.89. The predicted molar refractivity (Wildman–Crippen MR) is 73.9 cm³/mol. The fourth-order valence-electron chi connectivity index (χ4n) is 2.34. The van der Waals surface area contributed by atoms with Gasteiger partial charge in [-0.2, -0.15) is 0 Å². The van der Waals surface area contributed by atoms with Crippen molar-refractivity contribution in [2.45, 2.75) is 26.4 Å². The zero-order valence-electron chi connectivity index (χ0n) is 11.6.